The SMILES string of the molecule is C[n+]1ccc(-c2nc3ccc([N+](=O)[O-])cc3o2)cc1. The molecule has 0 atom stereocenters. The van der Waals surface area contributed by atoms with Crippen molar-refractivity contribution in [2.45, 2.75) is 0 Å². The van der Waals surface area contributed by atoms with Gasteiger partial charge in [-0.3, -0.25) is 10.1 Å². The monoisotopic (exact) mass is 256 g/mol. The third-order valence-corrected chi connectivity index (χ3v) is 2.81. The van der Waals surface area contributed by atoms with E-state index < -0.39 is 4.92 Å². The lowest BCUT2D eigenvalue weighted by atomic mass is 10.3. The minimum Gasteiger partial charge on any atom is -0.436 e. The first-order valence-corrected chi connectivity index (χ1v) is 5.64. The standard InChI is InChI=1S/C13H10N3O3/c1-15-6-4-9(5-7-15)13-14-11-3-2-10(16(17)18)8-12(11)19-13/h2-8H,1H3/q+1. The predicted molar refractivity (Wildman–Crippen MR) is 67.3 cm³/mol. The Morgan fingerprint density at radius 1 is 1.26 bits per heavy atom. The van der Waals surface area contributed by atoms with Crippen molar-refractivity contribution in [3.63, 3.8) is 0 Å². The van der Waals surface area contributed by atoms with Crippen molar-refractivity contribution in [2.75, 3.05) is 0 Å². The van der Waals surface area contributed by atoms with E-state index in [2.05, 4.69) is 4.98 Å². The van der Waals surface area contributed by atoms with Crippen LogP contribution in [0, 0.1) is 10.1 Å². The smallest absolute Gasteiger partial charge is 0.273 e. The van der Waals surface area contributed by atoms with Gasteiger partial charge in [-0.1, -0.05) is 0 Å². The molecule has 6 heteroatoms. The highest BCUT2D eigenvalue weighted by atomic mass is 16.6. The van der Waals surface area contributed by atoms with Crippen LogP contribution in [0.15, 0.2) is 47.1 Å². The number of nitro benzene ring substituents is 1. The number of benzene rings is 1. The summed E-state index contributed by atoms with van der Waals surface area (Å²) in [5.74, 6) is 0.455. The molecule has 94 valence electrons. The van der Waals surface area contributed by atoms with E-state index in [0.29, 0.717) is 17.0 Å². The molecule has 0 radical (unpaired) electrons. The highest BCUT2D eigenvalue weighted by molar-refractivity contribution is 5.78. The second kappa shape index (κ2) is 4.16. The van der Waals surface area contributed by atoms with Gasteiger partial charge in [0.2, 0.25) is 5.89 Å². The van der Waals surface area contributed by atoms with Crippen molar-refractivity contribution < 1.29 is 13.9 Å². The van der Waals surface area contributed by atoms with Crippen LogP contribution < -0.4 is 4.57 Å². The molecule has 0 aliphatic carbocycles. The van der Waals surface area contributed by atoms with Crippen molar-refractivity contribution in [1.82, 2.24) is 4.98 Å². The number of fused-ring (bicyclic) bond motifs is 1. The maximum absolute atomic E-state index is 10.7. The Kier molecular flexibility index (Phi) is 2.49. The van der Waals surface area contributed by atoms with Crippen LogP contribution in [0.4, 0.5) is 5.69 Å². The Hall–Kier alpha value is -2.76. The number of aromatic nitrogens is 2. The fraction of sp³-hybridized carbons (Fsp3) is 0.0769. The molecule has 0 bridgehead atoms. The van der Waals surface area contributed by atoms with Gasteiger partial charge in [-0.2, -0.15) is 0 Å². The van der Waals surface area contributed by atoms with Crippen LogP contribution in [0.25, 0.3) is 22.6 Å². The molecule has 3 rings (SSSR count). The summed E-state index contributed by atoms with van der Waals surface area (Å²) in [5.41, 5.74) is 1.85. The van der Waals surface area contributed by atoms with Crippen LogP contribution in [-0.2, 0) is 7.05 Å². The number of hydrogen-bond donors (Lipinski definition) is 0. The van der Waals surface area contributed by atoms with Gasteiger partial charge in [0.25, 0.3) is 5.69 Å². The molecule has 6 nitrogen and oxygen atoms in total. The Morgan fingerprint density at radius 2 is 2.00 bits per heavy atom. The summed E-state index contributed by atoms with van der Waals surface area (Å²) in [4.78, 5) is 14.6. The molecular weight excluding hydrogens is 246 g/mol. The van der Waals surface area contributed by atoms with Crippen molar-refractivity contribution in [2.24, 2.45) is 7.05 Å². The molecule has 0 aliphatic rings. The lowest BCUT2D eigenvalue weighted by Crippen LogP contribution is -2.25. The van der Waals surface area contributed by atoms with Gasteiger partial charge in [-0.05, 0) is 6.07 Å². The summed E-state index contributed by atoms with van der Waals surface area (Å²) < 4.78 is 7.46. The molecule has 2 aromatic heterocycles. The summed E-state index contributed by atoms with van der Waals surface area (Å²) >= 11 is 0. The van der Waals surface area contributed by atoms with Crippen molar-refractivity contribution >= 4 is 16.8 Å². The van der Waals surface area contributed by atoms with E-state index in [9.17, 15) is 10.1 Å². The molecule has 0 saturated heterocycles. The number of non-ortho nitro benzene ring substituents is 1. The third kappa shape index (κ3) is 2.03. The lowest BCUT2D eigenvalue weighted by Gasteiger charge is -1.91. The molecule has 0 unspecified atom stereocenters. The minimum absolute atomic E-state index is 0.00494. The molecule has 0 spiro atoms. The van der Waals surface area contributed by atoms with Crippen molar-refractivity contribution in [1.29, 1.82) is 0 Å². The Labute approximate surface area is 108 Å². The molecule has 0 saturated carbocycles. The summed E-state index contributed by atoms with van der Waals surface area (Å²) in [6.45, 7) is 0. The van der Waals surface area contributed by atoms with Gasteiger partial charge in [-0.15, -0.1) is 0 Å². The van der Waals surface area contributed by atoms with Crippen LogP contribution in [0.5, 0.6) is 0 Å². The van der Waals surface area contributed by atoms with Crippen LogP contribution in [0.1, 0.15) is 0 Å². The van der Waals surface area contributed by atoms with Crippen molar-refractivity contribution in [3.8, 4) is 11.5 Å². The quantitative estimate of drug-likeness (QED) is 0.400. The number of oxazole rings is 1. The fourth-order valence-corrected chi connectivity index (χ4v) is 1.79. The van der Waals surface area contributed by atoms with Gasteiger partial charge in [0, 0.05) is 23.8 Å². The number of rotatable bonds is 2. The zero-order valence-electron chi connectivity index (χ0n) is 10.1. The highest BCUT2D eigenvalue weighted by Gasteiger charge is 2.13. The highest BCUT2D eigenvalue weighted by Crippen LogP contribution is 2.26. The maximum Gasteiger partial charge on any atom is 0.273 e. The number of nitro groups is 1. The minimum atomic E-state index is -0.454. The van der Waals surface area contributed by atoms with Crippen LogP contribution in [-0.4, -0.2) is 9.91 Å². The van der Waals surface area contributed by atoms with Crippen LogP contribution in [0.3, 0.4) is 0 Å². The maximum atomic E-state index is 10.7. The number of hydrogen-bond acceptors (Lipinski definition) is 4. The van der Waals surface area contributed by atoms with E-state index in [1.807, 2.05) is 36.1 Å². The first-order valence-electron chi connectivity index (χ1n) is 5.64. The van der Waals surface area contributed by atoms with Gasteiger partial charge >= 0.3 is 0 Å². The van der Waals surface area contributed by atoms with E-state index >= 15 is 0 Å². The molecule has 19 heavy (non-hydrogen) atoms. The zero-order chi connectivity index (χ0) is 13.4. The molecule has 0 fully saturated rings. The topological polar surface area (TPSA) is 73.0 Å². The van der Waals surface area contributed by atoms with Crippen LogP contribution in [0.2, 0.25) is 0 Å². The second-order valence-electron chi connectivity index (χ2n) is 4.18. The first-order chi connectivity index (χ1) is 9.13. The summed E-state index contributed by atoms with van der Waals surface area (Å²) in [6, 6.07) is 8.13. The molecule has 3 aromatic rings. The van der Waals surface area contributed by atoms with Gasteiger partial charge < -0.3 is 4.42 Å². The Bertz CT molecular complexity index is 762. The molecule has 2 heterocycles. The average Bonchev–Trinajstić information content (AvgIpc) is 2.82. The first kappa shape index (κ1) is 11.3. The Balaban J connectivity index is 2.11. The predicted octanol–water partition coefficient (Wildman–Crippen LogP) is 2.23. The average molecular weight is 256 g/mol. The van der Waals surface area contributed by atoms with Gasteiger partial charge in [-0.25, -0.2) is 9.55 Å². The summed E-state index contributed by atoms with van der Waals surface area (Å²) in [6.07, 6.45) is 3.76. The van der Waals surface area contributed by atoms with Crippen molar-refractivity contribution in [3.05, 3.63) is 52.8 Å². The molecule has 0 amide bonds. The second-order valence-corrected chi connectivity index (χ2v) is 4.18. The van der Waals surface area contributed by atoms with E-state index in [1.165, 1.54) is 12.1 Å². The largest absolute Gasteiger partial charge is 0.436 e. The number of pyridine rings is 1. The zero-order valence-corrected chi connectivity index (χ0v) is 10.1. The van der Waals surface area contributed by atoms with E-state index in [4.69, 9.17) is 4.42 Å². The van der Waals surface area contributed by atoms with Gasteiger partial charge in [0.05, 0.1) is 11.0 Å². The normalized spacial score (nSPS) is 10.8. The summed E-state index contributed by atoms with van der Waals surface area (Å²) in [5, 5.41) is 10.7. The van der Waals surface area contributed by atoms with Crippen LogP contribution >= 0.6 is 0 Å². The molecule has 0 aliphatic heterocycles. The fourth-order valence-electron chi connectivity index (χ4n) is 1.79. The lowest BCUT2D eigenvalue weighted by molar-refractivity contribution is -0.671. The number of nitrogens with zero attached hydrogens (tertiary/aromatic N) is 3. The Morgan fingerprint density at radius 3 is 2.68 bits per heavy atom. The van der Waals surface area contributed by atoms with Gasteiger partial charge in [0.15, 0.2) is 18.0 Å². The third-order valence-electron chi connectivity index (χ3n) is 2.81. The van der Waals surface area contributed by atoms with Gasteiger partial charge in [0.1, 0.15) is 12.6 Å². The molecular formula is C13H10N3O3+. The van der Waals surface area contributed by atoms with E-state index in [-0.39, 0.29) is 5.69 Å². The van der Waals surface area contributed by atoms with E-state index in [1.54, 1.807) is 6.07 Å². The number of aryl methyl sites for hydroxylation is 1. The molecule has 1 aromatic carbocycles. The molecule has 0 N–H and O–H groups in total. The summed E-state index contributed by atoms with van der Waals surface area (Å²) in [7, 11) is 1.92. The van der Waals surface area contributed by atoms with E-state index in [0.717, 1.165) is 5.56 Å².